The lowest BCUT2D eigenvalue weighted by molar-refractivity contribution is 0.654. The van der Waals surface area contributed by atoms with Crippen LogP contribution < -0.4 is 15.5 Å². The van der Waals surface area contributed by atoms with E-state index in [-0.39, 0.29) is 0 Å². The van der Waals surface area contributed by atoms with E-state index in [0.29, 0.717) is 6.04 Å². The van der Waals surface area contributed by atoms with Gasteiger partial charge in [-0.05, 0) is 43.6 Å². The van der Waals surface area contributed by atoms with Gasteiger partial charge in [-0.2, -0.15) is 11.8 Å². The molecule has 2 heterocycles. The quantitative estimate of drug-likeness (QED) is 0.642. The fourth-order valence-electron chi connectivity index (χ4n) is 3.50. The Balaban J connectivity index is 1.44. The molecule has 126 valence electrons. The summed E-state index contributed by atoms with van der Waals surface area (Å²) in [6.45, 7) is 5.25. The fraction of sp³-hybridized carbons (Fsp3) is 0.611. The Morgan fingerprint density at radius 1 is 1.35 bits per heavy atom. The van der Waals surface area contributed by atoms with E-state index in [0.717, 1.165) is 37.3 Å². The van der Waals surface area contributed by atoms with Gasteiger partial charge in [0, 0.05) is 43.7 Å². The van der Waals surface area contributed by atoms with Crippen molar-refractivity contribution in [1.82, 2.24) is 10.6 Å². The van der Waals surface area contributed by atoms with Crippen LogP contribution in [-0.2, 0) is 6.42 Å². The number of fused-ring (bicyclic) bond motifs is 1. The van der Waals surface area contributed by atoms with Crippen molar-refractivity contribution in [2.45, 2.75) is 37.5 Å². The van der Waals surface area contributed by atoms with E-state index in [1.54, 1.807) is 0 Å². The molecule has 0 saturated carbocycles. The van der Waals surface area contributed by atoms with Crippen LogP contribution in [0.1, 0.15) is 25.3 Å². The van der Waals surface area contributed by atoms with Crippen molar-refractivity contribution in [3.63, 3.8) is 0 Å². The summed E-state index contributed by atoms with van der Waals surface area (Å²) in [4.78, 5) is 6.85. The molecule has 4 nitrogen and oxygen atoms in total. The van der Waals surface area contributed by atoms with Crippen molar-refractivity contribution in [2.75, 3.05) is 37.3 Å². The summed E-state index contributed by atoms with van der Waals surface area (Å²) in [5, 5.41) is 7.68. The van der Waals surface area contributed by atoms with Crippen LogP contribution in [0, 0.1) is 0 Å². The van der Waals surface area contributed by atoms with Crippen molar-refractivity contribution in [1.29, 1.82) is 0 Å². The van der Waals surface area contributed by atoms with Gasteiger partial charge >= 0.3 is 0 Å². The van der Waals surface area contributed by atoms with Crippen LogP contribution in [0.15, 0.2) is 29.3 Å². The van der Waals surface area contributed by atoms with E-state index in [4.69, 9.17) is 0 Å². The highest BCUT2D eigenvalue weighted by Gasteiger charge is 2.24. The van der Waals surface area contributed by atoms with Crippen molar-refractivity contribution in [2.24, 2.45) is 4.99 Å². The van der Waals surface area contributed by atoms with E-state index >= 15 is 0 Å². The SMILES string of the molecule is CN=C(NCCN1c2ccccc2CC1C)NCC1CCCS1. The van der Waals surface area contributed by atoms with Crippen LogP contribution >= 0.6 is 11.8 Å². The van der Waals surface area contributed by atoms with Crippen LogP contribution in [0.3, 0.4) is 0 Å². The van der Waals surface area contributed by atoms with Gasteiger partial charge < -0.3 is 15.5 Å². The molecular weight excluding hydrogens is 304 g/mol. The number of benzene rings is 1. The van der Waals surface area contributed by atoms with E-state index in [9.17, 15) is 0 Å². The van der Waals surface area contributed by atoms with E-state index in [2.05, 4.69) is 63.5 Å². The molecule has 1 fully saturated rings. The monoisotopic (exact) mass is 332 g/mol. The zero-order chi connectivity index (χ0) is 16.1. The molecule has 0 amide bonds. The summed E-state index contributed by atoms with van der Waals surface area (Å²) in [6, 6.07) is 9.35. The first-order chi connectivity index (χ1) is 11.3. The Labute approximate surface area is 144 Å². The number of anilines is 1. The number of nitrogens with one attached hydrogen (secondary N) is 2. The predicted molar refractivity (Wildman–Crippen MR) is 102 cm³/mol. The largest absolute Gasteiger partial charge is 0.367 e. The van der Waals surface area contributed by atoms with Gasteiger partial charge in [0.05, 0.1) is 0 Å². The van der Waals surface area contributed by atoms with Crippen molar-refractivity contribution < 1.29 is 0 Å². The molecule has 0 aliphatic carbocycles. The lowest BCUT2D eigenvalue weighted by atomic mass is 10.1. The second-order valence-corrected chi connectivity index (χ2v) is 7.80. The topological polar surface area (TPSA) is 39.7 Å². The third-order valence-electron chi connectivity index (χ3n) is 4.74. The van der Waals surface area contributed by atoms with Gasteiger partial charge in [0.2, 0.25) is 0 Å². The minimum Gasteiger partial charge on any atom is -0.367 e. The highest BCUT2D eigenvalue weighted by molar-refractivity contribution is 8.00. The van der Waals surface area contributed by atoms with Gasteiger partial charge in [-0.3, -0.25) is 4.99 Å². The molecule has 0 aromatic heterocycles. The van der Waals surface area contributed by atoms with E-state index < -0.39 is 0 Å². The fourth-order valence-corrected chi connectivity index (χ4v) is 4.70. The first-order valence-electron chi connectivity index (χ1n) is 8.68. The molecule has 0 radical (unpaired) electrons. The molecule has 1 aromatic rings. The number of hydrogen-bond acceptors (Lipinski definition) is 3. The van der Waals surface area contributed by atoms with Gasteiger partial charge in [-0.15, -0.1) is 0 Å². The van der Waals surface area contributed by atoms with Gasteiger partial charge in [-0.25, -0.2) is 0 Å². The van der Waals surface area contributed by atoms with Crippen LogP contribution in [-0.4, -0.2) is 49.7 Å². The van der Waals surface area contributed by atoms with Gasteiger partial charge in [0.1, 0.15) is 0 Å². The number of thioether (sulfide) groups is 1. The molecule has 2 aliphatic rings. The summed E-state index contributed by atoms with van der Waals surface area (Å²) in [5.41, 5.74) is 2.87. The third kappa shape index (κ3) is 4.14. The maximum absolute atomic E-state index is 4.34. The van der Waals surface area contributed by atoms with Crippen LogP contribution in [0.4, 0.5) is 5.69 Å². The standard InChI is InChI=1S/C18H28N4S/c1-14-12-15-6-3-4-8-17(15)22(14)10-9-20-18(19-2)21-13-16-7-5-11-23-16/h3-4,6,8,14,16H,5,7,9-13H2,1-2H3,(H2,19,20,21). The molecule has 2 N–H and O–H groups in total. The third-order valence-corrected chi connectivity index (χ3v) is 6.14. The zero-order valence-corrected chi connectivity index (χ0v) is 15.0. The smallest absolute Gasteiger partial charge is 0.191 e. The number of nitrogens with zero attached hydrogens (tertiary/aromatic N) is 2. The van der Waals surface area contributed by atoms with Crippen molar-refractivity contribution >= 4 is 23.4 Å². The Hall–Kier alpha value is -1.36. The second kappa shape index (κ2) is 7.95. The Kier molecular flexibility index (Phi) is 5.70. The maximum atomic E-state index is 4.34. The number of hydrogen-bond donors (Lipinski definition) is 2. The molecule has 3 rings (SSSR count). The van der Waals surface area contributed by atoms with Crippen LogP contribution in [0.2, 0.25) is 0 Å². The van der Waals surface area contributed by atoms with E-state index in [1.807, 2.05) is 7.05 Å². The zero-order valence-electron chi connectivity index (χ0n) is 14.2. The average Bonchev–Trinajstić information content (AvgIpc) is 3.18. The van der Waals surface area contributed by atoms with Gasteiger partial charge in [0.25, 0.3) is 0 Å². The van der Waals surface area contributed by atoms with Crippen molar-refractivity contribution in [3.05, 3.63) is 29.8 Å². The first-order valence-corrected chi connectivity index (χ1v) is 9.73. The van der Waals surface area contributed by atoms with Crippen LogP contribution in [0.25, 0.3) is 0 Å². The van der Waals surface area contributed by atoms with Gasteiger partial charge in [-0.1, -0.05) is 18.2 Å². The Morgan fingerprint density at radius 3 is 3.00 bits per heavy atom. The average molecular weight is 333 g/mol. The van der Waals surface area contributed by atoms with E-state index in [1.165, 1.54) is 29.8 Å². The molecule has 23 heavy (non-hydrogen) atoms. The van der Waals surface area contributed by atoms with Gasteiger partial charge in [0.15, 0.2) is 5.96 Å². The first kappa shape index (κ1) is 16.5. The molecule has 1 saturated heterocycles. The maximum Gasteiger partial charge on any atom is 0.191 e. The number of aliphatic imine (C=N–C) groups is 1. The Morgan fingerprint density at radius 2 is 2.22 bits per heavy atom. The molecule has 2 atom stereocenters. The highest BCUT2D eigenvalue weighted by Crippen LogP contribution is 2.31. The molecular formula is C18H28N4S. The summed E-state index contributed by atoms with van der Waals surface area (Å²) < 4.78 is 0. The molecule has 1 aromatic carbocycles. The normalized spacial score (nSPS) is 23.9. The molecule has 2 aliphatic heterocycles. The van der Waals surface area contributed by atoms with Crippen molar-refractivity contribution in [3.8, 4) is 0 Å². The summed E-state index contributed by atoms with van der Waals surface area (Å²) in [5.74, 6) is 2.24. The lowest BCUT2D eigenvalue weighted by Gasteiger charge is -2.25. The number of para-hydroxylation sites is 1. The summed E-state index contributed by atoms with van der Waals surface area (Å²) >= 11 is 2.08. The molecule has 0 spiro atoms. The lowest BCUT2D eigenvalue weighted by Crippen LogP contribution is -2.44. The van der Waals surface area contributed by atoms with Crippen LogP contribution in [0.5, 0.6) is 0 Å². The molecule has 0 bridgehead atoms. The highest BCUT2D eigenvalue weighted by atomic mass is 32.2. The molecule has 5 heteroatoms. The second-order valence-electron chi connectivity index (χ2n) is 6.39. The predicted octanol–water partition coefficient (Wildman–Crippen LogP) is 2.50. The summed E-state index contributed by atoms with van der Waals surface area (Å²) in [6.07, 6.45) is 3.84. The summed E-state index contributed by atoms with van der Waals surface area (Å²) in [7, 11) is 1.85. The number of guanidine groups is 1. The minimum absolute atomic E-state index is 0.582. The minimum atomic E-state index is 0.582. The Bertz CT molecular complexity index is 540. The number of rotatable bonds is 5. The molecule has 2 unspecified atom stereocenters.